The van der Waals surface area contributed by atoms with Gasteiger partial charge in [-0.1, -0.05) is 0 Å². The predicted molar refractivity (Wildman–Crippen MR) is 41.8 cm³/mol. The molecule has 3 N–H and O–H groups in total. The molecular weight excluding hydrogens is 162 g/mol. The molecule has 1 fully saturated rings. The number of nitrogens with one attached hydrogen (secondary N) is 3. The summed E-state index contributed by atoms with van der Waals surface area (Å²) in [5, 5.41) is 8.48. The van der Waals surface area contributed by atoms with E-state index < -0.39 is 19.2 Å². The SMILES string of the molecule is CNC1OC(NC)OC(NC)O1. The summed E-state index contributed by atoms with van der Waals surface area (Å²) in [6.45, 7) is 0. The van der Waals surface area contributed by atoms with E-state index in [-0.39, 0.29) is 0 Å². The van der Waals surface area contributed by atoms with Crippen LogP contribution >= 0.6 is 0 Å². The Morgan fingerprint density at radius 2 is 0.917 bits per heavy atom. The van der Waals surface area contributed by atoms with Gasteiger partial charge in [0.15, 0.2) is 0 Å². The molecule has 6 heteroatoms. The Morgan fingerprint density at radius 1 is 0.667 bits per heavy atom. The molecule has 1 rings (SSSR count). The molecule has 1 aliphatic heterocycles. The Labute approximate surface area is 71.5 Å². The Morgan fingerprint density at radius 3 is 1.08 bits per heavy atom. The van der Waals surface area contributed by atoms with Crippen molar-refractivity contribution in [2.24, 2.45) is 0 Å². The van der Waals surface area contributed by atoms with Gasteiger partial charge in [-0.05, 0) is 21.1 Å². The van der Waals surface area contributed by atoms with Crippen LogP contribution in [-0.2, 0) is 14.2 Å². The first-order valence-corrected chi connectivity index (χ1v) is 3.78. The van der Waals surface area contributed by atoms with Crippen LogP contribution < -0.4 is 16.0 Å². The summed E-state index contributed by atoms with van der Waals surface area (Å²) < 4.78 is 15.6. The zero-order chi connectivity index (χ0) is 8.97. The Kier molecular flexibility index (Phi) is 3.86. The molecule has 0 atom stereocenters. The van der Waals surface area contributed by atoms with Crippen molar-refractivity contribution in [2.45, 2.75) is 19.2 Å². The maximum absolute atomic E-state index is 5.21. The van der Waals surface area contributed by atoms with Crippen molar-refractivity contribution >= 4 is 0 Å². The van der Waals surface area contributed by atoms with Crippen LogP contribution in [0.15, 0.2) is 0 Å². The lowest BCUT2D eigenvalue weighted by molar-refractivity contribution is -0.400. The molecule has 0 radical (unpaired) electrons. The van der Waals surface area contributed by atoms with Crippen molar-refractivity contribution in [3.63, 3.8) is 0 Å². The highest BCUT2D eigenvalue weighted by Gasteiger charge is 2.27. The molecule has 1 saturated heterocycles. The van der Waals surface area contributed by atoms with E-state index in [9.17, 15) is 0 Å². The molecule has 12 heavy (non-hydrogen) atoms. The first-order valence-electron chi connectivity index (χ1n) is 3.78. The highest BCUT2D eigenvalue weighted by molar-refractivity contribution is 4.49. The van der Waals surface area contributed by atoms with Crippen LogP contribution in [-0.4, -0.2) is 40.4 Å². The number of rotatable bonds is 3. The van der Waals surface area contributed by atoms with E-state index in [0.29, 0.717) is 0 Å². The predicted octanol–water partition coefficient (Wildman–Crippen LogP) is -1.44. The van der Waals surface area contributed by atoms with Crippen molar-refractivity contribution in [3.05, 3.63) is 0 Å². The molecule has 1 aliphatic rings. The summed E-state index contributed by atoms with van der Waals surface area (Å²) in [5.74, 6) is 0. The van der Waals surface area contributed by atoms with Crippen LogP contribution in [0.2, 0.25) is 0 Å². The molecule has 0 aromatic heterocycles. The fourth-order valence-electron chi connectivity index (χ4n) is 0.841. The lowest BCUT2D eigenvalue weighted by Crippen LogP contribution is -2.54. The molecule has 0 bridgehead atoms. The van der Waals surface area contributed by atoms with Crippen molar-refractivity contribution in [1.82, 2.24) is 16.0 Å². The van der Waals surface area contributed by atoms with E-state index in [1.54, 1.807) is 21.1 Å². The smallest absolute Gasteiger partial charge is 0.223 e. The van der Waals surface area contributed by atoms with Gasteiger partial charge >= 0.3 is 0 Å². The summed E-state index contributed by atoms with van der Waals surface area (Å²) in [6.07, 6.45) is -1.35. The number of hydrogen-bond donors (Lipinski definition) is 3. The molecule has 0 saturated carbocycles. The van der Waals surface area contributed by atoms with E-state index in [0.717, 1.165) is 0 Å². The lowest BCUT2D eigenvalue weighted by atomic mass is 10.8. The second kappa shape index (κ2) is 4.70. The minimum atomic E-state index is -0.450. The van der Waals surface area contributed by atoms with Gasteiger partial charge < -0.3 is 0 Å². The van der Waals surface area contributed by atoms with Crippen LogP contribution in [0.25, 0.3) is 0 Å². The third-order valence-corrected chi connectivity index (χ3v) is 1.45. The third kappa shape index (κ3) is 2.37. The van der Waals surface area contributed by atoms with E-state index in [1.165, 1.54) is 0 Å². The van der Waals surface area contributed by atoms with E-state index in [2.05, 4.69) is 16.0 Å². The average molecular weight is 177 g/mol. The highest BCUT2D eigenvalue weighted by Crippen LogP contribution is 2.09. The monoisotopic (exact) mass is 177 g/mol. The first kappa shape index (κ1) is 9.85. The molecule has 0 spiro atoms. The molecule has 6 nitrogen and oxygen atoms in total. The van der Waals surface area contributed by atoms with Gasteiger partial charge in [0.2, 0.25) is 19.2 Å². The standard InChI is InChI=1S/C6H15N3O3/c1-7-4-10-5(8-2)12-6(9-3)11-4/h4-9H,1-3H3. The molecule has 1 heterocycles. The summed E-state index contributed by atoms with van der Waals surface area (Å²) in [5.41, 5.74) is 0. The highest BCUT2D eigenvalue weighted by atomic mass is 16.9. The van der Waals surface area contributed by atoms with Crippen molar-refractivity contribution in [1.29, 1.82) is 0 Å². The quantitative estimate of drug-likeness (QED) is 0.490. The fraction of sp³-hybridized carbons (Fsp3) is 1.00. The molecule has 0 aliphatic carbocycles. The van der Waals surface area contributed by atoms with Crippen LogP contribution in [0.4, 0.5) is 0 Å². The van der Waals surface area contributed by atoms with Gasteiger partial charge in [0.25, 0.3) is 0 Å². The van der Waals surface area contributed by atoms with E-state index >= 15 is 0 Å². The second-order valence-electron chi connectivity index (χ2n) is 2.27. The summed E-state index contributed by atoms with van der Waals surface area (Å²) in [7, 11) is 5.24. The van der Waals surface area contributed by atoms with Gasteiger partial charge in [-0.25, -0.2) is 0 Å². The van der Waals surface area contributed by atoms with Gasteiger partial charge in [0.1, 0.15) is 0 Å². The number of ether oxygens (including phenoxy) is 3. The van der Waals surface area contributed by atoms with Gasteiger partial charge in [0.05, 0.1) is 0 Å². The van der Waals surface area contributed by atoms with Crippen LogP contribution in [0.5, 0.6) is 0 Å². The van der Waals surface area contributed by atoms with Gasteiger partial charge in [-0.3, -0.25) is 30.2 Å². The molecule has 0 aromatic carbocycles. The van der Waals surface area contributed by atoms with Gasteiger partial charge in [0, 0.05) is 0 Å². The lowest BCUT2D eigenvalue weighted by Gasteiger charge is -2.34. The van der Waals surface area contributed by atoms with E-state index in [4.69, 9.17) is 14.2 Å². The summed E-state index contributed by atoms with van der Waals surface area (Å²) in [6, 6.07) is 0. The Balaban J connectivity index is 2.41. The molecule has 0 unspecified atom stereocenters. The number of hydrogen-bond acceptors (Lipinski definition) is 6. The van der Waals surface area contributed by atoms with E-state index in [1.807, 2.05) is 0 Å². The zero-order valence-electron chi connectivity index (χ0n) is 7.46. The van der Waals surface area contributed by atoms with Crippen LogP contribution in [0, 0.1) is 0 Å². The second-order valence-corrected chi connectivity index (χ2v) is 2.27. The minimum Gasteiger partial charge on any atom is -0.296 e. The zero-order valence-corrected chi connectivity index (χ0v) is 7.46. The topological polar surface area (TPSA) is 63.8 Å². The first-order chi connectivity index (χ1) is 5.80. The normalized spacial score (nSPS) is 36.8. The fourth-order valence-corrected chi connectivity index (χ4v) is 0.841. The molecule has 72 valence electrons. The van der Waals surface area contributed by atoms with Crippen LogP contribution in [0.1, 0.15) is 0 Å². The summed E-state index contributed by atoms with van der Waals surface area (Å²) in [4.78, 5) is 0. The van der Waals surface area contributed by atoms with Gasteiger partial charge in [-0.15, -0.1) is 0 Å². The Bertz CT molecular complexity index is 105. The van der Waals surface area contributed by atoms with Gasteiger partial charge in [-0.2, -0.15) is 0 Å². The maximum atomic E-state index is 5.21. The van der Waals surface area contributed by atoms with Crippen molar-refractivity contribution in [2.75, 3.05) is 21.1 Å². The molecular formula is C6H15N3O3. The largest absolute Gasteiger partial charge is 0.296 e. The van der Waals surface area contributed by atoms with Crippen LogP contribution in [0.3, 0.4) is 0 Å². The van der Waals surface area contributed by atoms with Crippen molar-refractivity contribution in [3.8, 4) is 0 Å². The minimum absolute atomic E-state index is 0.450. The maximum Gasteiger partial charge on any atom is 0.223 e. The third-order valence-electron chi connectivity index (χ3n) is 1.45. The summed E-state index contributed by atoms with van der Waals surface area (Å²) >= 11 is 0. The molecule has 0 aromatic rings. The molecule has 0 amide bonds. The Hall–Kier alpha value is -0.240. The van der Waals surface area contributed by atoms with Crippen molar-refractivity contribution < 1.29 is 14.2 Å². The average Bonchev–Trinajstić information content (AvgIpc) is 2.16.